The highest BCUT2D eigenvalue weighted by Crippen LogP contribution is 2.31. The number of imidazole rings is 1. The maximum atomic E-state index is 12.9. The minimum absolute atomic E-state index is 0.223. The van der Waals surface area contributed by atoms with Crippen LogP contribution in [0.4, 0.5) is 0 Å². The first-order chi connectivity index (χ1) is 19.0. The maximum Gasteiger partial charge on any atom is 0.269 e. The van der Waals surface area contributed by atoms with Gasteiger partial charge in [0, 0.05) is 47.6 Å². The van der Waals surface area contributed by atoms with Crippen molar-refractivity contribution in [3.63, 3.8) is 0 Å². The van der Waals surface area contributed by atoms with Crippen LogP contribution in [0.1, 0.15) is 39.8 Å². The van der Waals surface area contributed by atoms with Crippen molar-refractivity contribution < 1.29 is 4.79 Å². The lowest BCUT2D eigenvalue weighted by molar-refractivity contribution is 0.0946. The van der Waals surface area contributed by atoms with Crippen molar-refractivity contribution >= 4 is 27.7 Å². The number of aryl methyl sites for hydroxylation is 1. The Morgan fingerprint density at radius 3 is 2.69 bits per heavy atom. The van der Waals surface area contributed by atoms with Crippen LogP contribution in [0.5, 0.6) is 0 Å². The van der Waals surface area contributed by atoms with Gasteiger partial charge in [-0.3, -0.25) is 14.9 Å². The normalized spacial score (nSPS) is 11.5. The Balaban J connectivity index is 1.23. The number of H-pyrrole nitrogens is 3. The number of carbonyl (C=O) groups is 1. The lowest BCUT2D eigenvalue weighted by Crippen LogP contribution is -2.23. The number of rotatable bonds is 8. The predicted octanol–water partition coefficient (Wildman–Crippen LogP) is 5.15. The molecule has 4 heterocycles. The van der Waals surface area contributed by atoms with E-state index >= 15 is 0 Å². The van der Waals surface area contributed by atoms with Crippen molar-refractivity contribution in [1.82, 2.24) is 40.8 Å². The molecule has 0 bridgehead atoms. The summed E-state index contributed by atoms with van der Waals surface area (Å²) in [6.07, 6.45) is 5.36. The SMILES string of the molecule is CCNCc1cncc(-c2ccc3[nH]nc(-c4ncc(C(=O)NCc5ccc6[nH]c(C)cc6c5)[nH]4)c3c2)c1C. The van der Waals surface area contributed by atoms with Crippen LogP contribution in [-0.4, -0.2) is 42.6 Å². The first-order valence-corrected chi connectivity index (χ1v) is 13.0. The maximum absolute atomic E-state index is 12.9. The van der Waals surface area contributed by atoms with E-state index in [1.807, 2.05) is 37.5 Å². The Labute approximate surface area is 225 Å². The van der Waals surface area contributed by atoms with Crippen LogP contribution in [-0.2, 0) is 13.1 Å². The second-order valence-electron chi connectivity index (χ2n) is 9.79. The third-order valence-corrected chi connectivity index (χ3v) is 7.08. The standard InChI is InChI=1S/C30H30N8O/c1-4-31-13-22-14-32-15-24(18(22)3)20-6-8-26-23(11-20)28(38-37-26)29-33-16-27(36-29)30(39)34-12-19-5-7-25-21(10-19)9-17(2)35-25/h5-11,14-16,31,35H,4,12-13H2,1-3H3,(H,33,36)(H,34,39)(H,37,38). The molecule has 0 saturated carbocycles. The molecule has 0 aliphatic rings. The van der Waals surface area contributed by atoms with Gasteiger partial charge >= 0.3 is 0 Å². The summed E-state index contributed by atoms with van der Waals surface area (Å²) >= 11 is 0. The summed E-state index contributed by atoms with van der Waals surface area (Å²) in [6, 6.07) is 14.4. The minimum atomic E-state index is -0.223. The van der Waals surface area contributed by atoms with Crippen molar-refractivity contribution in [3.8, 4) is 22.6 Å². The lowest BCUT2D eigenvalue weighted by atomic mass is 9.98. The number of nitrogens with zero attached hydrogens (tertiary/aromatic N) is 3. The number of hydrogen-bond acceptors (Lipinski definition) is 5. The van der Waals surface area contributed by atoms with Crippen molar-refractivity contribution in [2.24, 2.45) is 0 Å². The van der Waals surface area contributed by atoms with E-state index < -0.39 is 0 Å². The Morgan fingerprint density at radius 2 is 1.82 bits per heavy atom. The third kappa shape index (κ3) is 4.80. The molecule has 0 aliphatic carbocycles. The van der Waals surface area contributed by atoms with Gasteiger partial charge in [0.15, 0.2) is 5.82 Å². The molecular formula is C30H30N8O. The van der Waals surface area contributed by atoms with E-state index in [4.69, 9.17) is 0 Å². The van der Waals surface area contributed by atoms with Gasteiger partial charge in [-0.1, -0.05) is 19.1 Å². The van der Waals surface area contributed by atoms with E-state index in [2.05, 4.69) is 78.9 Å². The highest BCUT2D eigenvalue weighted by molar-refractivity contribution is 5.96. The van der Waals surface area contributed by atoms with Crippen molar-refractivity contribution in [2.45, 2.75) is 33.9 Å². The second kappa shape index (κ2) is 10.2. The van der Waals surface area contributed by atoms with Crippen LogP contribution >= 0.6 is 0 Å². The van der Waals surface area contributed by atoms with Gasteiger partial charge in [0.2, 0.25) is 0 Å². The van der Waals surface area contributed by atoms with E-state index in [-0.39, 0.29) is 5.91 Å². The Morgan fingerprint density at radius 1 is 0.949 bits per heavy atom. The summed E-state index contributed by atoms with van der Waals surface area (Å²) < 4.78 is 0. The summed E-state index contributed by atoms with van der Waals surface area (Å²) in [4.78, 5) is 28.3. The zero-order chi connectivity index (χ0) is 26.9. The first-order valence-electron chi connectivity index (χ1n) is 13.0. The smallest absolute Gasteiger partial charge is 0.269 e. The molecule has 0 aliphatic heterocycles. The number of hydrogen-bond donors (Lipinski definition) is 5. The number of amides is 1. The minimum Gasteiger partial charge on any atom is -0.359 e. The van der Waals surface area contributed by atoms with E-state index in [1.165, 1.54) is 11.1 Å². The second-order valence-corrected chi connectivity index (χ2v) is 9.79. The molecule has 6 aromatic rings. The average Bonchev–Trinajstić information content (AvgIpc) is 3.68. The van der Waals surface area contributed by atoms with Crippen molar-refractivity contribution in [1.29, 1.82) is 0 Å². The summed E-state index contributed by atoms with van der Waals surface area (Å²) in [5.41, 5.74) is 9.65. The molecule has 0 spiro atoms. The molecule has 196 valence electrons. The van der Waals surface area contributed by atoms with Crippen LogP contribution in [0, 0.1) is 13.8 Å². The monoisotopic (exact) mass is 518 g/mol. The average molecular weight is 519 g/mol. The zero-order valence-electron chi connectivity index (χ0n) is 22.1. The molecule has 0 atom stereocenters. The first kappa shape index (κ1) is 24.6. The van der Waals surface area contributed by atoms with E-state index in [9.17, 15) is 4.79 Å². The van der Waals surface area contributed by atoms with Crippen LogP contribution in [0.25, 0.3) is 44.5 Å². The van der Waals surface area contributed by atoms with Crippen molar-refractivity contribution in [2.75, 3.05) is 6.54 Å². The summed E-state index contributed by atoms with van der Waals surface area (Å²) in [5, 5.41) is 16.0. The molecule has 4 aromatic heterocycles. The van der Waals surface area contributed by atoms with Crippen LogP contribution in [0.15, 0.2) is 61.1 Å². The van der Waals surface area contributed by atoms with Crippen LogP contribution < -0.4 is 10.6 Å². The van der Waals surface area contributed by atoms with Crippen molar-refractivity contribution in [3.05, 3.63) is 89.1 Å². The predicted molar refractivity (Wildman–Crippen MR) is 153 cm³/mol. The molecule has 5 N–H and O–H groups in total. The third-order valence-electron chi connectivity index (χ3n) is 7.08. The summed E-state index contributed by atoms with van der Waals surface area (Å²) in [6.45, 7) is 8.35. The molecule has 0 saturated heterocycles. The van der Waals surface area contributed by atoms with E-state index in [0.29, 0.717) is 23.8 Å². The number of aromatic amines is 3. The topological polar surface area (TPSA) is 127 Å². The molecule has 2 aromatic carbocycles. The molecule has 6 rings (SSSR count). The molecule has 0 radical (unpaired) electrons. The fourth-order valence-corrected chi connectivity index (χ4v) is 4.93. The molecule has 39 heavy (non-hydrogen) atoms. The zero-order valence-corrected chi connectivity index (χ0v) is 22.1. The quantitative estimate of drug-likeness (QED) is 0.190. The van der Waals surface area contributed by atoms with Gasteiger partial charge in [0.1, 0.15) is 11.4 Å². The number of pyridine rings is 1. The molecule has 0 fully saturated rings. The summed E-state index contributed by atoms with van der Waals surface area (Å²) in [7, 11) is 0. The van der Waals surface area contributed by atoms with Gasteiger partial charge < -0.3 is 20.6 Å². The molecule has 0 unspecified atom stereocenters. The molecule has 9 heteroatoms. The number of nitrogens with one attached hydrogen (secondary N) is 5. The number of carbonyl (C=O) groups excluding carboxylic acids is 1. The van der Waals surface area contributed by atoms with Crippen LogP contribution in [0.3, 0.4) is 0 Å². The number of fused-ring (bicyclic) bond motifs is 2. The van der Waals surface area contributed by atoms with Gasteiger partial charge in [-0.2, -0.15) is 5.10 Å². The van der Waals surface area contributed by atoms with E-state index in [0.717, 1.165) is 57.3 Å². The largest absolute Gasteiger partial charge is 0.359 e. The van der Waals surface area contributed by atoms with Crippen LogP contribution in [0.2, 0.25) is 0 Å². The molecule has 1 amide bonds. The highest BCUT2D eigenvalue weighted by atomic mass is 16.1. The Bertz CT molecular complexity index is 1810. The van der Waals surface area contributed by atoms with Gasteiger partial charge in [-0.15, -0.1) is 0 Å². The summed E-state index contributed by atoms with van der Waals surface area (Å²) in [5.74, 6) is 0.308. The number of benzene rings is 2. The van der Waals surface area contributed by atoms with Gasteiger partial charge in [-0.25, -0.2) is 4.98 Å². The fraction of sp³-hybridized carbons (Fsp3) is 0.200. The van der Waals surface area contributed by atoms with Gasteiger partial charge in [0.05, 0.1) is 11.7 Å². The number of aromatic nitrogens is 6. The Hall–Kier alpha value is -4.76. The Kier molecular flexibility index (Phi) is 6.42. The fourth-order valence-electron chi connectivity index (χ4n) is 4.93. The van der Waals surface area contributed by atoms with Gasteiger partial charge in [-0.05, 0) is 78.4 Å². The van der Waals surface area contributed by atoms with E-state index in [1.54, 1.807) is 6.20 Å². The molecular weight excluding hydrogens is 488 g/mol. The highest BCUT2D eigenvalue weighted by Gasteiger charge is 2.16. The molecule has 9 nitrogen and oxygen atoms in total. The van der Waals surface area contributed by atoms with Gasteiger partial charge in [0.25, 0.3) is 5.91 Å². The lowest BCUT2D eigenvalue weighted by Gasteiger charge is -2.11.